The second kappa shape index (κ2) is 9.62. The summed E-state index contributed by atoms with van der Waals surface area (Å²) in [5.74, 6) is -0.0112. The zero-order valence-electron chi connectivity index (χ0n) is 10.6. The monoisotopic (exact) mass is 271 g/mol. The van der Waals surface area contributed by atoms with Gasteiger partial charge in [0.15, 0.2) is 0 Å². The van der Waals surface area contributed by atoms with E-state index in [1.165, 1.54) is 13.8 Å². The average molecular weight is 272 g/mol. The predicted molar refractivity (Wildman–Crippen MR) is 71.2 cm³/mol. The van der Waals surface area contributed by atoms with Gasteiger partial charge in [0.2, 0.25) is 11.1 Å². The van der Waals surface area contributed by atoms with Crippen LogP contribution in [0.1, 0.15) is 19.4 Å². The summed E-state index contributed by atoms with van der Waals surface area (Å²) in [6.07, 6.45) is 0. The molecule has 0 aliphatic carbocycles. The molecule has 0 saturated heterocycles. The highest BCUT2D eigenvalue weighted by Gasteiger charge is 2.07. The number of rotatable bonds is 4. The summed E-state index contributed by atoms with van der Waals surface area (Å²) in [4.78, 5) is 22.0. The number of halogens is 1. The summed E-state index contributed by atoms with van der Waals surface area (Å²) in [6.45, 7) is 3.77. The zero-order valence-corrected chi connectivity index (χ0v) is 11.4. The Balaban J connectivity index is 0.000000631. The lowest BCUT2D eigenvalue weighted by Crippen LogP contribution is -2.30. The third-order valence-electron chi connectivity index (χ3n) is 2.03. The van der Waals surface area contributed by atoms with Crippen LogP contribution in [-0.4, -0.2) is 34.3 Å². The molecule has 0 aliphatic rings. The zero-order chi connectivity index (χ0) is 14.0. The van der Waals surface area contributed by atoms with Crippen molar-refractivity contribution in [2.45, 2.75) is 20.4 Å². The number of carbonyl (C=O) groups is 2. The molecule has 0 spiro atoms. The molecule has 0 radical (unpaired) electrons. The van der Waals surface area contributed by atoms with Crippen LogP contribution in [0.2, 0.25) is 0 Å². The van der Waals surface area contributed by atoms with Crippen molar-refractivity contribution in [1.82, 2.24) is 4.90 Å². The summed E-state index contributed by atoms with van der Waals surface area (Å²) in [5, 5.41) is 8.41. The third kappa shape index (κ3) is 8.73. The van der Waals surface area contributed by atoms with Crippen LogP contribution >= 0.6 is 11.6 Å². The minimum Gasteiger partial charge on any atom is -0.395 e. The maximum atomic E-state index is 11.2. The predicted octanol–water partition coefficient (Wildman–Crippen LogP) is 1.80. The maximum Gasteiger partial charge on any atom is 0.219 e. The lowest BCUT2D eigenvalue weighted by Gasteiger charge is -2.19. The van der Waals surface area contributed by atoms with Crippen LogP contribution in [0.5, 0.6) is 0 Å². The third-order valence-corrected chi connectivity index (χ3v) is 2.03. The summed E-state index contributed by atoms with van der Waals surface area (Å²) in [5.41, 5.74) is 1.08. The van der Waals surface area contributed by atoms with Crippen molar-refractivity contribution in [3.05, 3.63) is 35.9 Å². The number of hydrogen-bond acceptors (Lipinski definition) is 3. The first-order valence-electron chi connectivity index (χ1n) is 5.53. The van der Waals surface area contributed by atoms with Crippen molar-refractivity contribution in [3.63, 3.8) is 0 Å². The highest BCUT2D eigenvalue weighted by atomic mass is 35.5. The molecule has 0 bridgehead atoms. The Labute approximate surface area is 112 Å². The summed E-state index contributed by atoms with van der Waals surface area (Å²) in [6, 6.07) is 9.74. The van der Waals surface area contributed by atoms with E-state index < -0.39 is 0 Å². The van der Waals surface area contributed by atoms with Gasteiger partial charge < -0.3 is 10.0 Å². The molecule has 1 aromatic carbocycles. The smallest absolute Gasteiger partial charge is 0.219 e. The van der Waals surface area contributed by atoms with Crippen molar-refractivity contribution >= 4 is 22.8 Å². The van der Waals surface area contributed by atoms with Crippen LogP contribution in [0.25, 0.3) is 0 Å². The van der Waals surface area contributed by atoms with Gasteiger partial charge in [0.25, 0.3) is 0 Å². The van der Waals surface area contributed by atoms with E-state index in [4.69, 9.17) is 5.11 Å². The molecule has 1 N–H and O–H groups in total. The van der Waals surface area contributed by atoms with Gasteiger partial charge in [-0.15, -0.1) is 0 Å². The van der Waals surface area contributed by atoms with Gasteiger partial charge in [-0.3, -0.25) is 9.59 Å². The van der Waals surface area contributed by atoms with E-state index in [0.717, 1.165) is 5.56 Å². The SMILES string of the molecule is CC(=O)Cl.CC(=O)N(CCO)Cc1ccccc1. The standard InChI is InChI=1S/C11H15NO2.C2H3ClO/c1-10(14)12(7-8-13)9-11-5-3-2-4-6-11;1-2(3)4/h2-6,13H,7-9H2,1H3;1H3. The Bertz CT molecular complexity index is 364. The van der Waals surface area contributed by atoms with Crippen molar-refractivity contribution in [3.8, 4) is 0 Å². The van der Waals surface area contributed by atoms with Crippen LogP contribution in [0, 0.1) is 0 Å². The number of amides is 1. The highest BCUT2D eigenvalue weighted by molar-refractivity contribution is 6.62. The fourth-order valence-electron chi connectivity index (χ4n) is 1.27. The van der Waals surface area contributed by atoms with Gasteiger partial charge in [-0.05, 0) is 17.2 Å². The number of aliphatic hydroxyl groups excluding tert-OH is 1. The van der Waals surface area contributed by atoms with Crippen molar-refractivity contribution < 1.29 is 14.7 Å². The molecule has 5 heteroatoms. The fourth-order valence-corrected chi connectivity index (χ4v) is 1.27. The largest absolute Gasteiger partial charge is 0.395 e. The van der Waals surface area contributed by atoms with E-state index in [9.17, 15) is 9.59 Å². The lowest BCUT2D eigenvalue weighted by atomic mass is 10.2. The van der Waals surface area contributed by atoms with Gasteiger partial charge >= 0.3 is 0 Å². The molecule has 0 saturated carbocycles. The molecule has 0 aromatic heterocycles. The molecule has 100 valence electrons. The second-order valence-corrected chi connectivity index (χ2v) is 4.15. The Morgan fingerprint density at radius 1 is 1.22 bits per heavy atom. The molecular formula is C13H18ClNO3. The van der Waals surface area contributed by atoms with E-state index in [2.05, 4.69) is 11.6 Å². The van der Waals surface area contributed by atoms with Crippen LogP contribution in [-0.2, 0) is 16.1 Å². The quantitative estimate of drug-likeness (QED) is 0.850. The Morgan fingerprint density at radius 2 is 1.72 bits per heavy atom. The second-order valence-electron chi connectivity index (χ2n) is 3.62. The molecule has 18 heavy (non-hydrogen) atoms. The van der Waals surface area contributed by atoms with Gasteiger partial charge in [-0.25, -0.2) is 0 Å². The van der Waals surface area contributed by atoms with Crippen molar-refractivity contribution in [2.24, 2.45) is 0 Å². The van der Waals surface area contributed by atoms with Crippen molar-refractivity contribution in [2.75, 3.05) is 13.2 Å². The topological polar surface area (TPSA) is 57.6 Å². The van der Waals surface area contributed by atoms with E-state index in [1.54, 1.807) is 4.90 Å². The summed E-state index contributed by atoms with van der Waals surface area (Å²) in [7, 11) is 0. The molecule has 1 amide bonds. The molecule has 1 aromatic rings. The van der Waals surface area contributed by atoms with Crippen LogP contribution in [0.3, 0.4) is 0 Å². The molecule has 0 fully saturated rings. The lowest BCUT2D eigenvalue weighted by molar-refractivity contribution is -0.130. The minimum absolute atomic E-state index is 0.00636. The fraction of sp³-hybridized carbons (Fsp3) is 0.385. The number of benzene rings is 1. The highest BCUT2D eigenvalue weighted by Crippen LogP contribution is 2.03. The Kier molecular flexibility index (Phi) is 8.88. The van der Waals surface area contributed by atoms with E-state index in [0.29, 0.717) is 13.1 Å². The van der Waals surface area contributed by atoms with Crippen LogP contribution in [0.4, 0.5) is 0 Å². The Morgan fingerprint density at radius 3 is 2.11 bits per heavy atom. The molecule has 1 rings (SSSR count). The number of aliphatic hydroxyl groups is 1. The molecule has 0 unspecified atom stereocenters. The van der Waals surface area contributed by atoms with Gasteiger partial charge in [-0.1, -0.05) is 30.3 Å². The molecule has 4 nitrogen and oxygen atoms in total. The van der Waals surface area contributed by atoms with Gasteiger partial charge in [0, 0.05) is 26.9 Å². The van der Waals surface area contributed by atoms with E-state index in [-0.39, 0.29) is 17.8 Å². The van der Waals surface area contributed by atoms with Crippen molar-refractivity contribution in [1.29, 1.82) is 0 Å². The first kappa shape index (κ1) is 16.6. The van der Waals surface area contributed by atoms with Gasteiger partial charge in [0.05, 0.1) is 6.61 Å². The maximum absolute atomic E-state index is 11.2. The first-order chi connectivity index (χ1) is 8.47. The van der Waals surface area contributed by atoms with Gasteiger partial charge in [-0.2, -0.15) is 0 Å². The first-order valence-corrected chi connectivity index (χ1v) is 5.91. The number of nitrogens with zero attached hydrogens (tertiary/aromatic N) is 1. The molecule has 0 atom stereocenters. The normalized spacial score (nSPS) is 9.11. The average Bonchev–Trinajstić information content (AvgIpc) is 2.29. The van der Waals surface area contributed by atoms with Crippen LogP contribution < -0.4 is 0 Å². The summed E-state index contributed by atoms with van der Waals surface area (Å²) >= 11 is 4.64. The number of hydrogen-bond donors (Lipinski definition) is 1. The molecule has 0 aliphatic heterocycles. The Hall–Kier alpha value is -1.39. The molecule has 0 heterocycles. The van der Waals surface area contributed by atoms with Crippen LogP contribution in [0.15, 0.2) is 30.3 Å². The van der Waals surface area contributed by atoms with E-state index in [1.807, 2.05) is 30.3 Å². The van der Waals surface area contributed by atoms with Gasteiger partial charge in [0.1, 0.15) is 0 Å². The van der Waals surface area contributed by atoms with E-state index >= 15 is 0 Å². The number of carbonyl (C=O) groups excluding carboxylic acids is 2. The molecular weight excluding hydrogens is 254 g/mol. The minimum atomic E-state index is -0.361. The summed E-state index contributed by atoms with van der Waals surface area (Å²) < 4.78 is 0.